The molecule has 0 saturated carbocycles. The molecule has 2 aromatic rings. The van der Waals surface area contributed by atoms with Crippen LogP contribution in [-0.4, -0.2) is 23.6 Å². The number of rotatable bonds is 6. The van der Waals surface area contributed by atoms with Crippen molar-refractivity contribution in [1.29, 1.82) is 0 Å². The molecule has 1 N–H and O–H groups in total. The van der Waals surface area contributed by atoms with E-state index in [1.807, 2.05) is 18.3 Å². The summed E-state index contributed by atoms with van der Waals surface area (Å²) in [4.78, 5) is 9.92. The molecule has 0 saturated heterocycles. The predicted molar refractivity (Wildman–Crippen MR) is 78.6 cm³/mol. The van der Waals surface area contributed by atoms with Gasteiger partial charge in [0.05, 0.1) is 7.11 Å². The third-order valence-corrected chi connectivity index (χ3v) is 4.07. The van der Waals surface area contributed by atoms with Crippen molar-refractivity contribution in [2.24, 2.45) is 0 Å². The Labute approximate surface area is 117 Å². The number of nitrogens with one attached hydrogen (secondary N) is 1. The van der Waals surface area contributed by atoms with Crippen LogP contribution in [-0.2, 0) is 0 Å². The molecular formula is C14H19N3OS. The average molecular weight is 277 g/mol. The quantitative estimate of drug-likeness (QED) is 0.880. The molecule has 2 aromatic heterocycles. The lowest BCUT2D eigenvalue weighted by Crippen LogP contribution is -2.18. The number of hydrogen-bond acceptors (Lipinski definition) is 5. The first kappa shape index (κ1) is 14.0. The van der Waals surface area contributed by atoms with E-state index in [-0.39, 0.29) is 0 Å². The van der Waals surface area contributed by atoms with E-state index in [0.29, 0.717) is 11.9 Å². The van der Waals surface area contributed by atoms with Crippen LogP contribution in [0.3, 0.4) is 0 Å². The highest BCUT2D eigenvalue weighted by atomic mass is 32.1. The molecule has 0 fully saturated rings. The van der Waals surface area contributed by atoms with Crippen LogP contribution < -0.4 is 10.1 Å². The Morgan fingerprint density at radius 2 is 2.16 bits per heavy atom. The Balaban J connectivity index is 2.11. The van der Waals surface area contributed by atoms with Crippen LogP contribution in [0.25, 0.3) is 10.6 Å². The van der Waals surface area contributed by atoms with Crippen molar-refractivity contribution >= 4 is 11.3 Å². The highest BCUT2D eigenvalue weighted by Crippen LogP contribution is 2.28. The largest absolute Gasteiger partial charge is 0.481 e. The van der Waals surface area contributed by atoms with Gasteiger partial charge in [0.25, 0.3) is 0 Å². The van der Waals surface area contributed by atoms with E-state index in [1.165, 1.54) is 4.88 Å². The smallest absolute Gasteiger partial charge is 0.212 e. The minimum atomic E-state index is 0.345. The summed E-state index contributed by atoms with van der Waals surface area (Å²) in [6, 6.07) is 4.19. The van der Waals surface area contributed by atoms with Crippen molar-refractivity contribution in [3.05, 3.63) is 29.4 Å². The van der Waals surface area contributed by atoms with Crippen LogP contribution in [0.2, 0.25) is 0 Å². The minimum absolute atomic E-state index is 0.345. The second-order valence-corrected chi connectivity index (χ2v) is 5.40. The van der Waals surface area contributed by atoms with Crippen LogP contribution in [0.5, 0.6) is 5.88 Å². The van der Waals surface area contributed by atoms with E-state index in [9.17, 15) is 0 Å². The van der Waals surface area contributed by atoms with Crippen LogP contribution in [0, 0.1) is 0 Å². The summed E-state index contributed by atoms with van der Waals surface area (Å²) in [5, 5.41) is 4.46. The minimum Gasteiger partial charge on any atom is -0.481 e. The van der Waals surface area contributed by atoms with Gasteiger partial charge in [-0.25, -0.2) is 9.97 Å². The van der Waals surface area contributed by atoms with Crippen molar-refractivity contribution in [3.8, 4) is 16.5 Å². The first-order valence-electron chi connectivity index (χ1n) is 6.44. The molecule has 2 heterocycles. The second-order valence-electron chi connectivity index (χ2n) is 4.33. The summed E-state index contributed by atoms with van der Waals surface area (Å²) in [7, 11) is 1.62. The Kier molecular flexibility index (Phi) is 4.87. The summed E-state index contributed by atoms with van der Waals surface area (Å²) < 4.78 is 5.05. The second kappa shape index (κ2) is 6.63. The van der Waals surface area contributed by atoms with Crippen molar-refractivity contribution < 1.29 is 4.74 Å². The highest BCUT2D eigenvalue weighted by Gasteiger charge is 2.10. The monoisotopic (exact) mass is 277 g/mol. The maximum atomic E-state index is 5.05. The Morgan fingerprint density at radius 1 is 1.32 bits per heavy atom. The normalized spacial score (nSPS) is 12.4. The van der Waals surface area contributed by atoms with E-state index in [1.54, 1.807) is 24.6 Å². The molecule has 0 bridgehead atoms. The summed E-state index contributed by atoms with van der Waals surface area (Å²) in [5.74, 6) is 0.624. The average Bonchev–Trinajstić information content (AvgIpc) is 2.94. The lowest BCUT2D eigenvalue weighted by Gasteiger charge is -2.09. The van der Waals surface area contributed by atoms with Crippen molar-refractivity contribution in [3.63, 3.8) is 0 Å². The first-order chi connectivity index (χ1) is 9.24. The van der Waals surface area contributed by atoms with E-state index >= 15 is 0 Å². The Bertz CT molecular complexity index is 510. The van der Waals surface area contributed by atoms with Gasteiger partial charge in [0.1, 0.15) is 5.01 Å². The Morgan fingerprint density at radius 3 is 2.79 bits per heavy atom. The van der Waals surface area contributed by atoms with Crippen LogP contribution in [0.1, 0.15) is 31.2 Å². The van der Waals surface area contributed by atoms with E-state index in [4.69, 9.17) is 4.74 Å². The molecular weight excluding hydrogens is 258 g/mol. The summed E-state index contributed by atoms with van der Waals surface area (Å²) in [5.41, 5.74) is 1.03. The van der Waals surface area contributed by atoms with E-state index in [2.05, 4.69) is 29.1 Å². The summed E-state index contributed by atoms with van der Waals surface area (Å²) >= 11 is 1.70. The molecule has 102 valence electrons. The number of ether oxygens (including phenoxy) is 1. The van der Waals surface area contributed by atoms with Gasteiger partial charge < -0.3 is 10.1 Å². The van der Waals surface area contributed by atoms with Gasteiger partial charge in [0.2, 0.25) is 5.88 Å². The molecule has 0 aliphatic heterocycles. The molecule has 0 spiro atoms. The van der Waals surface area contributed by atoms with Gasteiger partial charge in [0, 0.05) is 34.9 Å². The van der Waals surface area contributed by atoms with E-state index in [0.717, 1.165) is 23.5 Å². The molecule has 0 aliphatic rings. The predicted octanol–water partition coefficient (Wildman–Crippen LogP) is 3.27. The van der Waals surface area contributed by atoms with Crippen LogP contribution in [0.15, 0.2) is 24.5 Å². The van der Waals surface area contributed by atoms with Crippen molar-refractivity contribution in [2.45, 2.75) is 26.3 Å². The number of methoxy groups -OCH3 is 1. The number of thiazole rings is 1. The fourth-order valence-electron chi connectivity index (χ4n) is 1.71. The Hall–Kier alpha value is -1.46. The topological polar surface area (TPSA) is 47.0 Å². The standard InChI is InChI=1S/C14H19N3OS/c1-4-7-15-10(2)12-9-17-14(19-12)11-5-6-13(18-3)16-8-11/h5-6,8-10,15H,4,7H2,1-3H3. The highest BCUT2D eigenvalue weighted by molar-refractivity contribution is 7.15. The zero-order chi connectivity index (χ0) is 13.7. The van der Waals surface area contributed by atoms with Gasteiger partial charge in [-0.15, -0.1) is 11.3 Å². The molecule has 1 unspecified atom stereocenters. The molecule has 5 heteroatoms. The lowest BCUT2D eigenvalue weighted by atomic mass is 10.3. The first-order valence-corrected chi connectivity index (χ1v) is 7.25. The van der Waals surface area contributed by atoms with Crippen molar-refractivity contribution in [2.75, 3.05) is 13.7 Å². The third-order valence-electron chi connectivity index (χ3n) is 2.84. The van der Waals surface area contributed by atoms with Crippen molar-refractivity contribution in [1.82, 2.24) is 15.3 Å². The molecule has 1 atom stereocenters. The molecule has 0 amide bonds. The maximum Gasteiger partial charge on any atom is 0.212 e. The number of aromatic nitrogens is 2. The molecule has 0 radical (unpaired) electrons. The number of hydrogen-bond donors (Lipinski definition) is 1. The van der Waals surface area contributed by atoms with Gasteiger partial charge in [-0.3, -0.25) is 0 Å². The van der Waals surface area contributed by atoms with Gasteiger partial charge in [-0.1, -0.05) is 6.92 Å². The fraction of sp³-hybridized carbons (Fsp3) is 0.429. The van der Waals surface area contributed by atoms with Gasteiger partial charge >= 0.3 is 0 Å². The van der Waals surface area contributed by atoms with Gasteiger partial charge in [-0.2, -0.15) is 0 Å². The molecule has 0 aliphatic carbocycles. The summed E-state index contributed by atoms with van der Waals surface area (Å²) in [6.07, 6.45) is 4.88. The molecule has 19 heavy (non-hydrogen) atoms. The van der Waals surface area contributed by atoms with Gasteiger partial charge in [-0.05, 0) is 26.0 Å². The zero-order valence-corrected chi connectivity index (χ0v) is 12.3. The van der Waals surface area contributed by atoms with Gasteiger partial charge in [0.15, 0.2) is 0 Å². The van der Waals surface area contributed by atoms with E-state index < -0.39 is 0 Å². The third kappa shape index (κ3) is 3.52. The van der Waals surface area contributed by atoms with Crippen LogP contribution in [0.4, 0.5) is 0 Å². The zero-order valence-electron chi connectivity index (χ0n) is 11.5. The SMILES string of the molecule is CCCNC(C)c1cnc(-c2ccc(OC)nc2)s1. The van der Waals surface area contributed by atoms with Crippen LogP contribution >= 0.6 is 11.3 Å². The maximum absolute atomic E-state index is 5.05. The molecule has 4 nitrogen and oxygen atoms in total. The molecule has 0 aromatic carbocycles. The summed E-state index contributed by atoms with van der Waals surface area (Å²) in [6.45, 7) is 5.36. The number of pyridine rings is 1. The number of nitrogens with zero attached hydrogens (tertiary/aromatic N) is 2. The molecule has 2 rings (SSSR count). The fourth-order valence-corrected chi connectivity index (χ4v) is 2.64. The lowest BCUT2D eigenvalue weighted by molar-refractivity contribution is 0.398.